The minimum Gasteiger partial charge on any atom is -0.383 e. The van der Waals surface area contributed by atoms with Gasteiger partial charge in [-0.1, -0.05) is 11.6 Å². The molecule has 1 aliphatic rings. The molecule has 0 spiro atoms. The van der Waals surface area contributed by atoms with Crippen LogP contribution in [0.15, 0.2) is 0 Å². The first-order chi connectivity index (χ1) is 2.80. The molecule has 0 amide bonds. The molecule has 0 aromatic heterocycles. The van der Waals surface area contributed by atoms with Crippen molar-refractivity contribution in [3.63, 3.8) is 0 Å². The van der Waals surface area contributed by atoms with Crippen LogP contribution in [0.25, 0.3) is 0 Å². The predicted molar refractivity (Wildman–Crippen MR) is 29.1 cm³/mol. The van der Waals surface area contributed by atoms with E-state index in [1.165, 1.54) is 13.1 Å². The summed E-state index contributed by atoms with van der Waals surface area (Å²) >= 11 is -0.299. The number of nitrogens with zero attached hydrogens (tertiary/aromatic N) is 1. The minimum absolute atomic E-state index is 0.299. The standard InChI is InChI=1S/C2H4N.2CH3.Al/c1-2-3-1;;;/h1-2H2;2*1H3;/q-1;;;+1. The molecule has 0 aromatic rings. The van der Waals surface area contributed by atoms with E-state index in [9.17, 15) is 0 Å². The fourth-order valence-corrected chi connectivity index (χ4v) is 1.72. The lowest BCUT2D eigenvalue weighted by atomic mass is 11.0. The van der Waals surface area contributed by atoms with Gasteiger partial charge in [0.1, 0.15) is 0 Å². The summed E-state index contributed by atoms with van der Waals surface area (Å²) in [4.78, 5) is 0. The summed E-state index contributed by atoms with van der Waals surface area (Å²) in [6.45, 7) is 2.79. The lowest BCUT2D eigenvalue weighted by molar-refractivity contribution is 0.879. The predicted octanol–water partition coefficient (Wildman–Crippen LogP) is 0.553. The average Bonchev–Trinajstić information content (AvgIpc) is 2.06. The van der Waals surface area contributed by atoms with Crippen molar-refractivity contribution in [2.75, 3.05) is 13.1 Å². The maximum absolute atomic E-state index is 2.56. The Morgan fingerprint density at radius 2 is 1.83 bits per heavy atom. The van der Waals surface area contributed by atoms with E-state index in [4.69, 9.17) is 0 Å². The first kappa shape index (κ1) is 4.65. The number of hydrogen-bond acceptors (Lipinski definition) is 1. The highest BCUT2D eigenvalue weighted by atomic mass is 27.2. The molecule has 6 heavy (non-hydrogen) atoms. The lowest BCUT2D eigenvalue weighted by Crippen LogP contribution is -2.12. The molecule has 0 saturated carbocycles. The van der Waals surface area contributed by atoms with Crippen molar-refractivity contribution >= 4 is 14.4 Å². The van der Waals surface area contributed by atoms with Crippen molar-refractivity contribution in [3.8, 4) is 0 Å². The summed E-state index contributed by atoms with van der Waals surface area (Å²) in [5, 5.41) is 0. The molecule has 1 heterocycles. The van der Waals surface area contributed by atoms with E-state index in [-0.39, 0.29) is 14.4 Å². The van der Waals surface area contributed by atoms with Gasteiger partial charge in [0.25, 0.3) is 0 Å². The topological polar surface area (TPSA) is 3.01 Å². The average molecular weight is 99.1 g/mol. The van der Waals surface area contributed by atoms with E-state index >= 15 is 0 Å². The number of rotatable bonds is 1. The number of hydrogen-bond donors (Lipinski definition) is 0. The fraction of sp³-hybridized carbons (Fsp3) is 1.00. The molecule has 2 heteroatoms. The van der Waals surface area contributed by atoms with E-state index in [0.29, 0.717) is 0 Å². The monoisotopic (exact) mass is 99.1 g/mol. The minimum atomic E-state index is -0.299. The molecule has 0 radical (unpaired) electrons. The largest absolute Gasteiger partial charge is 0.383 e. The van der Waals surface area contributed by atoms with Crippen LogP contribution in [-0.2, 0) is 0 Å². The summed E-state index contributed by atoms with van der Waals surface area (Å²) in [7, 11) is 0. The summed E-state index contributed by atoms with van der Waals surface area (Å²) in [6.07, 6.45) is 0. The third-order valence-electron chi connectivity index (χ3n) is 1.21. The van der Waals surface area contributed by atoms with Gasteiger partial charge in [0.2, 0.25) is 0 Å². The Kier molecular flexibility index (Phi) is 1.19. The summed E-state index contributed by atoms with van der Waals surface area (Å²) < 4.78 is 2.56. The molecule has 1 aliphatic heterocycles. The second-order valence-corrected chi connectivity index (χ2v) is 5.05. The third kappa shape index (κ3) is 0.976. The van der Waals surface area contributed by atoms with Crippen molar-refractivity contribution in [3.05, 3.63) is 0 Å². The molecule has 1 rings (SSSR count). The normalized spacial score (nSPS) is 21.0. The lowest BCUT2D eigenvalue weighted by Gasteiger charge is -1.91. The Balaban J connectivity index is 2.13. The maximum atomic E-state index is 2.56. The van der Waals surface area contributed by atoms with Gasteiger partial charge in [-0.2, -0.15) is 0 Å². The molecule has 0 aliphatic carbocycles. The van der Waals surface area contributed by atoms with Crippen molar-refractivity contribution < 1.29 is 0 Å². The van der Waals surface area contributed by atoms with Gasteiger partial charge in [-0.25, -0.2) is 0 Å². The molecular formula is C4H10AlN. The zero-order valence-corrected chi connectivity index (χ0v) is 5.59. The molecule has 1 fully saturated rings. The summed E-state index contributed by atoms with van der Waals surface area (Å²) in [5.41, 5.74) is 0. The van der Waals surface area contributed by atoms with E-state index in [1.54, 1.807) is 0 Å². The van der Waals surface area contributed by atoms with Crippen molar-refractivity contribution in [1.82, 2.24) is 3.88 Å². The van der Waals surface area contributed by atoms with Crippen LogP contribution in [0.2, 0.25) is 11.6 Å². The third-order valence-corrected chi connectivity index (χ3v) is 3.19. The molecule has 0 atom stereocenters. The quantitative estimate of drug-likeness (QED) is 0.343. The highest BCUT2D eigenvalue weighted by Gasteiger charge is 2.23. The van der Waals surface area contributed by atoms with Crippen LogP contribution in [0.4, 0.5) is 0 Å². The Morgan fingerprint density at radius 1 is 1.33 bits per heavy atom. The molecule has 0 aromatic carbocycles. The van der Waals surface area contributed by atoms with Crippen molar-refractivity contribution in [2.45, 2.75) is 11.6 Å². The van der Waals surface area contributed by atoms with E-state index < -0.39 is 0 Å². The molecule has 0 unspecified atom stereocenters. The molecule has 1 saturated heterocycles. The van der Waals surface area contributed by atoms with Gasteiger partial charge in [-0.15, -0.1) is 0 Å². The Morgan fingerprint density at radius 3 is 1.83 bits per heavy atom. The van der Waals surface area contributed by atoms with Crippen LogP contribution in [0, 0.1) is 0 Å². The fourth-order valence-electron chi connectivity index (χ4n) is 0.574. The zero-order chi connectivity index (χ0) is 4.57. The molecule has 0 N–H and O–H groups in total. The summed E-state index contributed by atoms with van der Waals surface area (Å²) in [5.74, 6) is 4.74. The van der Waals surface area contributed by atoms with E-state index in [2.05, 4.69) is 15.5 Å². The highest BCUT2D eigenvalue weighted by molar-refractivity contribution is 6.53. The van der Waals surface area contributed by atoms with Gasteiger partial charge in [-0.05, 0) is 13.1 Å². The van der Waals surface area contributed by atoms with Gasteiger partial charge in [0.05, 0.1) is 0 Å². The Bertz CT molecular complexity index is 49.5. The van der Waals surface area contributed by atoms with Gasteiger partial charge in [0.15, 0.2) is 0 Å². The highest BCUT2D eigenvalue weighted by Crippen LogP contribution is 2.04. The molecule has 1 nitrogen and oxygen atoms in total. The smallest absolute Gasteiger partial charge is 0.366 e. The van der Waals surface area contributed by atoms with Crippen LogP contribution >= 0.6 is 0 Å². The summed E-state index contributed by atoms with van der Waals surface area (Å²) in [6, 6.07) is 0. The van der Waals surface area contributed by atoms with Crippen LogP contribution in [-0.4, -0.2) is 31.3 Å². The van der Waals surface area contributed by atoms with E-state index in [1.807, 2.05) is 0 Å². The molecule has 34 valence electrons. The first-order valence-corrected chi connectivity index (χ1v) is 5.37. The SMILES string of the molecule is [CH3][Al]([CH3])[N]1CC1. The van der Waals surface area contributed by atoms with Gasteiger partial charge < -0.3 is 3.88 Å². The maximum Gasteiger partial charge on any atom is 0.366 e. The molecular weight excluding hydrogens is 89.0 g/mol. The van der Waals surface area contributed by atoms with Crippen molar-refractivity contribution in [2.24, 2.45) is 0 Å². The molecule has 0 bridgehead atoms. The van der Waals surface area contributed by atoms with Crippen LogP contribution in [0.3, 0.4) is 0 Å². The van der Waals surface area contributed by atoms with Gasteiger partial charge in [0, 0.05) is 0 Å². The van der Waals surface area contributed by atoms with E-state index in [0.717, 1.165) is 0 Å². The zero-order valence-electron chi connectivity index (χ0n) is 4.44. The first-order valence-electron chi connectivity index (χ1n) is 2.55. The van der Waals surface area contributed by atoms with Crippen LogP contribution in [0.5, 0.6) is 0 Å². The van der Waals surface area contributed by atoms with Crippen LogP contribution < -0.4 is 0 Å². The van der Waals surface area contributed by atoms with Crippen molar-refractivity contribution in [1.29, 1.82) is 0 Å². The van der Waals surface area contributed by atoms with Gasteiger partial charge >= 0.3 is 14.4 Å². The Labute approximate surface area is 43.6 Å². The second kappa shape index (κ2) is 1.54. The van der Waals surface area contributed by atoms with Crippen LogP contribution in [0.1, 0.15) is 0 Å². The van der Waals surface area contributed by atoms with Gasteiger partial charge in [-0.3, -0.25) is 0 Å². The Hall–Kier alpha value is 0.492. The second-order valence-electron chi connectivity index (χ2n) is 2.13.